The molecule has 0 N–H and O–H groups in total. The van der Waals surface area contributed by atoms with E-state index in [2.05, 4.69) is 6.58 Å². The van der Waals surface area contributed by atoms with Crippen LogP contribution in [0.5, 0.6) is 0 Å². The van der Waals surface area contributed by atoms with E-state index in [-0.39, 0.29) is 0 Å². The molecular formula is C34H31BO6. The summed E-state index contributed by atoms with van der Waals surface area (Å²) in [6.45, 7) is 3.97. The van der Waals surface area contributed by atoms with Gasteiger partial charge in [-0.2, -0.15) is 0 Å². The van der Waals surface area contributed by atoms with Crippen LogP contribution in [0.2, 0.25) is 5.82 Å². The van der Waals surface area contributed by atoms with Gasteiger partial charge in [-0.3, -0.25) is 9.59 Å². The molecule has 0 aromatic heterocycles. The molecule has 0 bridgehead atoms. The van der Waals surface area contributed by atoms with Crippen molar-refractivity contribution < 1.29 is 28.4 Å². The van der Waals surface area contributed by atoms with Crippen LogP contribution < -0.4 is 0 Å². The molecule has 0 saturated carbocycles. The quantitative estimate of drug-likeness (QED) is 0.112. The highest BCUT2D eigenvalue weighted by Gasteiger charge is 2.67. The largest absolute Gasteiger partial charge is 0.468 e. The third-order valence-electron chi connectivity index (χ3n) is 7.68. The van der Waals surface area contributed by atoms with E-state index in [0.717, 1.165) is 22.3 Å². The van der Waals surface area contributed by atoms with E-state index >= 15 is 0 Å². The second-order valence-corrected chi connectivity index (χ2v) is 9.77. The van der Waals surface area contributed by atoms with Crippen molar-refractivity contribution in [3.8, 4) is 0 Å². The Morgan fingerprint density at radius 1 is 0.634 bits per heavy atom. The van der Waals surface area contributed by atoms with Gasteiger partial charge in [-0.1, -0.05) is 127 Å². The molecule has 41 heavy (non-hydrogen) atoms. The summed E-state index contributed by atoms with van der Waals surface area (Å²) in [5.74, 6) is -3.85. The maximum absolute atomic E-state index is 13.0. The Hall–Kier alpha value is -4.46. The van der Waals surface area contributed by atoms with Crippen LogP contribution in [0.4, 0.5) is 0 Å². The Bertz CT molecular complexity index is 1290. The van der Waals surface area contributed by atoms with Gasteiger partial charge in [-0.25, -0.2) is 0 Å². The SMILES string of the molecule is C=C[C@@H](B1OC(c2ccccc2)(c2ccccc2)C(c2ccccc2)(c2ccccc2)O1)C(C(=O)OC)C(=O)OC. The lowest BCUT2D eigenvalue weighted by Crippen LogP contribution is -2.48. The molecule has 206 valence electrons. The normalized spacial score (nSPS) is 16.1. The molecule has 1 atom stereocenters. The van der Waals surface area contributed by atoms with Crippen molar-refractivity contribution in [2.24, 2.45) is 5.92 Å². The van der Waals surface area contributed by atoms with Crippen molar-refractivity contribution >= 4 is 19.1 Å². The molecule has 0 unspecified atom stereocenters. The van der Waals surface area contributed by atoms with Gasteiger partial charge in [0.25, 0.3) is 0 Å². The van der Waals surface area contributed by atoms with Gasteiger partial charge in [0.05, 0.1) is 14.2 Å². The van der Waals surface area contributed by atoms with Crippen molar-refractivity contribution in [3.05, 3.63) is 156 Å². The molecule has 5 rings (SSSR count). The minimum atomic E-state index is -1.36. The van der Waals surface area contributed by atoms with Crippen LogP contribution in [0.1, 0.15) is 22.3 Å². The van der Waals surface area contributed by atoms with Crippen LogP contribution in [-0.4, -0.2) is 33.3 Å². The highest BCUT2D eigenvalue weighted by atomic mass is 16.7. The number of hydrogen-bond acceptors (Lipinski definition) is 6. The number of rotatable bonds is 9. The fourth-order valence-electron chi connectivity index (χ4n) is 5.87. The summed E-state index contributed by atoms with van der Waals surface area (Å²) in [6.07, 6.45) is 1.50. The summed E-state index contributed by atoms with van der Waals surface area (Å²) in [5.41, 5.74) is 0.796. The number of hydrogen-bond donors (Lipinski definition) is 0. The summed E-state index contributed by atoms with van der Waals surface area (Å²) in [4.78, 5) is 26.0. The van der Waals surface area contributed by atoms with Crippen LogP contribution in [-0.2, 0) is 39.6 Å². The number of carbonyl (C=O) groups is 2. The van der Waals surface area contributed by atoms with Crippen LogP contribution in [0.25, 0.3) is 0 Å². The molecule has 0 amide bonds. The average molecular weight is 546 g/mol. The Morgan fingerprint density at radius 2 is 0.927 bits per heavy atom. The summed E-state index contributed by atoms with van der Waals surface area (Å²) in [7, 11) is 1.34. The second-order valence-electron chi connectivity index (χ2n) is 9.77. The molecule has 1 fully saturated rings. The molecular weight excluding hydrogens is 515 g/mol. The van der Waals surface area contributed by atoms with Gasteiger partial charge >= 0.3 is 19.1 Å². The minimum absolute atomic E-state index is 0.768. The van der Waals surface area contributed by atoms with Gasteiger partial charge in [0.1, 0.15) is 11.2 Å². The Kier molecular flexibility index (Phi) is 8.20. The molecule has 1 heterocycles. The smallest absolute Gasteiger partial charge is 0.467 e. The number of ether oxygens (including phenoxy) is 2. The second kappa shape index (κ2) is 12.0. The number of methoxy groups -OCH3 is 2. The summed E-state index contributed by atoms with van der Waals surface area (Å²) >= 11 is 0. The molecule has 4 aromatic rings. The number of benzene rings is 4. The van der Waals surface area contributed by atoms with E-state index in [4.69, 9.17) is 18.8 Å². The van der Waals surface area contributed by atoms with Crippen molar-refractivity contribution in [2.45, 2.75) is 17.0 Å². The number of carbonyl (C=O) groups excluding carboxylic acids is 2. The molecule has 0 spiro atoms. The zero-order valence-corrected chi connectivity index (χ0v) is 23.0. The monoisotopic (exact) mass is 546 g/mol. The van der Waals surface area contributed by atoms with Gasteiger partial charge in [-0.05, 0) is 22.3 Å². The highest BCUT2D eigenvalue weighted by molar-refractivity contribution is 6.49. The lowest BCUT2D eigenvalue weighted by Gasteiger charge is -2.46. The van der Waals surface area contributed by atoms with Crippen molar-refractivity contribution in [1.29, 1.82) is 0 Å². The van der Waals surface area contributed by atoms with E-state index in [9.17, 15) is 9.59 Å². The molecule has 7 heteroatoms. The van der Waals surface area contributed by atoms with Gasteiger partial charge < -0.3 is 18.8 Å². The Labute approximate surface area is 240 Å². The van der Waals surface area contributed by atoms with Gasteiger partial charge in [-0.15, -0.1) is 6.58 Å². The van der Waals surface area contributed by atoms with Crippen molar-refractivity contribution in [2.75, 3.05) is 14.2 Å². The fourth-order valence-corrected chi connectivity index (χ4v) is 5.87. The molecule has 1 aliphatic rings. The van der Waals surface area contributed by atoms with E-state index in [1.807, 2.05) is 121 Å². The van der Waals surface area contributed by atoms with E-state index in [0.29, 0.717) is 0 Å². The Balaban J connectivity index is 1.87. The number of allylic oxidation sites excluding steroid dienone is 1. The standard InChI is InChI=1S/C34H31BO6/c1-4-29(30(31(36)38-2)32(37)39-3)35-40-33(25-17-9-5-10-18-25,26-19-11-6-12-20-26)34(41-35,27-21-13-7-14-22-27)28-23-15-8-16-24-28/h4-24,29-30H,1H2,2-3H3/t29-/m1/s1. The van der Waals surface area contributed by atoms with Crippen LogP contribution >= 0.6 is 0 Å². The first-order valence-corrected chi connectivity index (χ1v) is 13.4. The zero-order valence-electron chi connectivity index (χ0n) is 23.0. The molecule has 6 nitrogen and oxygen atoms in total. The predicted octanol–water partition coefficient (Wildman–Crippen LogP) is 5.93. The third kappa shape index (κ3) is 4.67. The summed E-state index contributed by atoms with van der Waals surface area (Å²) in [5, 5.41) is 0. The highest BCUT2D eigenvalue weighted by Crippen LogP contribution is 2.60. The topological polar surface area (TPSA) is 71.1 Å². The fraction of sp³-hybridized carbons (Fsp3) is 0.176. The molecule has 1 saturated heterocycles. The van der Waals surface area contributed by atoms with Crippen molar-refractivity contribution in [3.63, 3.8) is 0 Å². The molecule has 0 radical (unpaired) electrons. The van der Waals surface area contributed by atoms with E-state index in [1.54, 1.807) is 0 Å². The molecule has 4 aromatic carbocycles. The lowest BCUT2D eigenvalue weighted by atomic mass is 9.64. The van der Waals surface area contributed by atoms with Gasteiger partial charge in [0.15, 0.2) is 5.92 Å². The van der Waals surface area contributed by atoms with E-state index < -0.39 is 42.0 Å². The summed E-state index contributed by atoms with van der Waals surface area (Å²) in [6, 6.07) is 39.4. The number of esters is 2. The maximum Gasteiger partial charge on any atom is 0.467 e. The first-order valence-electron chi connectivity index (χ1n) is 13.4. The Morgan fingerprint density at radius 3 is 1.17 bits per heavy atom. The minimum Gasteiger partial charge on any atom is -0.468 e. The lowest BCUT2D eigenvalue weighted by molar-refractivity contribution is -0.158. The predicted molar refractivity (Wildman–Crippen MR) is 157 cm³/mol. The van der Waals surface area contributed by atoms with Crippen LogP contribution in [0.3, 0.4) is 0 Å². The third-order valence-corrected chi connectivity index (χ3v) is 7.68. The van der Waals surface area contributed by atoms with Gasteiger partial charge in [0, 0.05) is 5.82 Å². The first kappa shape index (κ1) is 28.1. The van der Waals surface area contributed by atoms with Crippen LogP contribution in [0, 0.1) is 5.92 Å². The van der Waals surface area contributed by atoms with Crippen molar-refractivity contribution in [1.82, 2.24) is 0 Å². The average Bonchev–Trinajstić information content (AvgIpc) is 3.42. The van der Waals surface area contributed by atoms with E-state index in [1.165, 1.54) is 20.3 Å². The van der Waals surface area contributed by atoms with Crippen LogP contribution in [0.15, 0.2) is 134 Å². The molecule has 0 aliphatic carbocycles. The maximum atomic E-state index is 13.0. The zero-order chi connectivity index (χ0) is 28.9. The summed E-state index contributed by atoms with van der Waals surface area (Å²) < 4.78 is 24.4. The first-order chi connectivity index (χ1) is 20.0. The molecule has 1 aliphatic heterocycles. The van der Waals surface area contributed by atoms with Gasteiger partial charge in [0.2, 0.25) is 0 Å².